The molecule has 0 bridgehead atoms. The van der Waals surface area contributed by atoms with Gasteiger partial charge < -0.3 is 10.1 Å². The first-order valence-corrected chi connectivity index (χ1v) is 11.5. The third-order valence-electron chi connectivity index (χ3n) is 5.48. The van der Waals surface area contributed by atoms with Crippen molar-refractivity contribution in [1.29, 1.82) is 0 Å². The number of thioether (sulfide) groups is 1. The summed E-state index contributed by atoms with van der Waals surface area (Å²) < 4.78 is 15.0. The van der Waals surface area contributed by atoms with Gasteiger partial charge in [0.15, 0.2) is 10.9 Å². The second kappa shape index (κ2) is 9.20. The number of carbonyl (C=O) groups is 1. The molecule has 0 radical (unpaired) electrons. The Labute approximate surface area is 198 Å². The second-order valence-electron chi connectivity index (χ2n) is 7.89. The first kappa shape index (κ1) is 22.0. The van der Waals surface area contributed by atoms with Gasteiger partial charge in [-0.2, -0.15) is 5.10 Å². The topological polar surface area (TPSA) is 96.7 Å². The van der Waals surface area contributed by atoms with Gasteiger partial charge in [0.05, 0.1) is 17.6 Å². The molecule has 0 saturated heterocycles. The Bertz CT molecular complexity index is 1420. The number of nitrogens with zero attached hydrogens (tertiary/aromatic N) is 4. The van der Waals surface area contributed by atoms with Gasteiger partial charge in [-0.1, -0.05) is 54.2 Å². The fourth-order valence-electron chi connectivity index (χ4n) is 3.70. The molecule has 2 aromatic heterocycles. The molecule has 0 saturated carbocycles. The third kappa shape index (κ3) is 4.61. The predicted molar refractivity (Wildman–Crippen MR) is 127 cm³/mol. The molecule has 2 N–H and O–H groups in total. The van der Waals surface area contributed by atoms with E-state index in [1.165, 1.54) is 41.2 Å². The van der Waals surface area contributed by atoms with E-state index in [1.807, 2.05) is 18.2 Å². The van der Waals surface area contributed by atoms with Crippen molar-refractivity contribution in [3.05, 3.63) is 108 Å². The molecule has 0 amide bonds. The first-order valence-electron chi connectivity index (χ1n) is 10.5. The van der Waals surface area contributed by atoms with E-state index >= 15 is 0 Å². The van der Waals surface area contributed by atoms with Gasteiger partial charge in [0.1, 0.15) is 24.1 Å². The molecule has 2 heterocycles. The minimum atomic E-state index is -1.35. The van der Waals surface area contributed by atoms with Gasteiger partial charge in [0, 0.05) is 16.9 Å². The van der Waals surface area contributed by atoms with Crippen LogP contribution in [0.4, 0.5) is 4.39 Å². The summed E-state index contributed by atoms with van der Waals surface area (Å²) in [5.41, 5.74) is 1.84. The van der Waals surface area contributed by atoms with Gasteiger partial charge in [-0.15, -0.1) is 0 Å². The van der Waals surface area contributed by atoms with Gasteiger partial charge in [0.25, 0.3) is 0 Å². The van der Waals surface area contributed by atoms with Crippen molar-refractivity contribution in [2.75, 3.05) is 5.75 Å². The maximum Gasteiger partial charge on any atom is 0.193 e. The van der Waals surface area contributed by atoms with Crippen LogP contribution < -0.4 is 0 Å². The summed E-state index contributed by atoms with van der Waals surface area (Å²) in [6.07, 6.45) is 2.91. The molecule has 1 unspecified atom stereocenters. The normalized spacial score (nSPS) is 13.1. The number of ketones is 1. The number of aromatic nitrogens is 5. The molecule has 0 spiro atoms. The lowest BCUT2D eigenvalue weighted by atomic mass is 9.96. The molecule has 0 fully saturated rings. The number of imidazole rings is 1. The van der Waals surface area contributed by atoms with E-state index in [1.54, 1.807) is 42.5 Å². The fraction of sp³-hybridized carbons (Fsp3) is 0.120. The van der Waals surface area contributed by atoms with Crippen molar-refractivity contribution in [2.24, 2.45) is 0 Å². The molecular weight excluding hydrogens is 453 g/mol. The zero-order valence-corrected chi connectivity index (χ0v) is 18.7. The number of carbonyl (C=O) groups excluding carboxylic acids is 1. The first-order chi connectivity index (χ1) is 16.5. The van der Waals surface area contributed by atoms with Crippen LogP contribution in [-0.2, 0) is 12.1 Å². The highest BCUT2D eigenvalue weighted by atomic mass is 32.2. The Balaban J connectivity index is 1.38. The van der Waals surface area contributed by atoms with E-state index in [0.717, 1.165) is 5.52 Å². The van der Waals surface area contributed by atoms with E-state index < -0.39 is 5.60 Å². The van der Waals surface area contributed by atoms with Crippen molar-refractivity contribution in [1.82, 2.24) is 24.7 Å². The SMILES string of the molecule is O=C(c1ccccc1)c1ccc2nc(SCC(O)(Cn3cncn3)c3ccc(F)cc3)[nH]c2c1. The molecular formula is C25H20FN5O2S. The highest BCUT2D eigenvalue weighted by Gasteiger charge is 2.31. The van der Waals surface area contributed by atoms with Crippen molar-refractivity contribution < 1.29 is 14.3 Å². The number of aliphatic hydroxyl groups is 1. The van der Waals surface area contributed by atoms with Gasteiger partial charge in [-0.05, 0) is 35.9 Å². The number of aromatic amines is 1. The summed E-state index contributed by atoms with van der Waals surface area (Å²) in [5, 5.41) is 16.2. The molecule has 5 aromatic rings. The molecule has 1 atom stereocenters. The van der Waals surface area contributed by atoms with E-state index in [9.17, 15) is 14.3 Å². The average Bonchev–Trinajstić information content (AvgIpc) is 3.52. The molecule has 3 aromatic carbocycles. The van der Waals surface area contributed by atoms with Crippen LogP contribution in [0.3, 0.4) is 0 Å². The highest BCUT2D eigenvalue weighted by Crippen LogP contribution is 2.31. The lowest BCUT2D eigenvalue weighted by molar-refractivity contribution is 0.0395. The molecule has 0 aliphatic rings. The Hall–Kier alpha value is -3.82. The van der Waals surface area contributed by atoms with Crippen LogP contribution in [-0.4, -0.2) is 41.4 Å². The summed E-state index contributed by atoms with van der Waals surface area (Å²) in [6.45, 7) is 0.140. The van der Waals surface area contributed by atoms with E-state index in [0.29, 0.717) is 27.4 Å². The van der Waals surface area contributed by atoms with Gasteiger partial charge in [-0.3, -0.25) is 4.79 Å². The Kier molecular flexibility index (Phi) is 5.95. The van der Waals surface area contributed by atoms with Crippen LogP contribution >= 0.6 is 11.8 Å². The Morgan fingerprint density at radius 2 is 1.85 bits per heavy atom. The number of rotatable bonds is 8. The smallest absolute Gasteiger partial charge is 0.193 e. The quantitative estimate of drug-likeness (QED) is 0.259. The number of benzene rings is 3. The van der Waals surface area contributed by atoms with Crippen LogP contribution in [0, 0.1) is 5.82 Å². The molecule has 0 aliphatic carbocycles. The molecule has 34 heavy (non-hydrogen) atoms. The number of halogens is 1. The van der Waals surface area contributed by atoms with E-state index in [-0.39, 0.29) is 23.9 Å². The summed E-state index contributed by atoms with van der Waals surface area (Å²) >= 11 is 1.33. The lowest BCUT2D eigenvalue weighted by Gasteiger charge is -2.28. The van der Waals surface area contributed by atoms with E-state index in [2.05, 4.69) is 20.1 Å². The summed E-state index contributed by atoms with van der Waals surface area (Å²) in [7, 11) is 0. The second-order valence-corrected chi connectivity index (χ2v) is 8.85. The predicted octanol–water partition coefficient (Wildman–Crippen LogP) is 4.20. The number of hydrogen-bond donors (Lipinski definition) is 2. The third-order valence-corrected chi connectivity index (χ3v) is 6.57. The van der Waals surface area contributed by atoms with Gasteiger partial charge in [-0.25, -0.2) is 19.0 Å². The van der Waals surface area contributed by atoms with Gasteiger partial charge in [0.2, 0.25) is 0 Å². The van der Waals surface area contributed by atoms with Crippen LogP contribution in [0.15, 0.2) is 90.6 Å². The molecule has 0 aliphatic heterocycles. The largest absolute Gasteiger partial charge is 0.382 e. The summed E-state index contributed by atoms with van der Waals surface area (Å²) in [4.78, 5) is 24.5. The number of fused-ring (bicyclic) bond motifs is 1. The number of nitrogens with one attached hydrogen (secondary N) is 1. The molecule has 170 valence electrons. The number of hydrogen-bond acceptors (Lipinski definition) is 6. The van der Waals surface area contributed by atoms with E-state index in [4.69, 9.17) is 0 Å². The minimum absolute atomic E-state index is 0.0650. The van der Waals surface area contributed by atoms with Crippen molar-refractivity contribution in [3.63, 3.8) is 0 Å². The van der Waals surface area contributed by atoms with Gasteiger partial charge >= 0.3 is 0 Å². The minimum Gasteiger partial charge on any atom is -0.382 e. The highest BCUT2D eigenvalue weighted by molar-refractivity contribution is 7.99. The maximum atomic E-state index is 13.5. The molecule has 9 heteroatoms. The monoisotopic (exact) mass is 473 g/mol. The van der Waals surface area contributed by atoms with Crippen molar-refractivity contribution in [3.8, 4) is 0 Å². The molecule has 7 nitrogen and oxygen atoms in total. The lowest BCUT2D eigenvalue weighted by Crippen LogP contribution is -2.34. The summed E-state index contributed by atoms with van der Waals surface area (Å²) in [5.74, 6) is -0.212. The van der Waals surface area contributed by atoms with Crippen LogP contribution in [0.1, 0.15) is 21.5 Å². The maximum absolute atomic E-state index is 13.5. The standard InChI is InChI=1S/C25H20FN5O2S/c26-20-9-7-19(8-10-20)25(33,13-31-16-27-15-28-31)14-34-24-29-21-11-6-18(12-22(21)30-24)23(32)17-4-2-1-3-5-17/h1-12,15-16,33H,13-14H2,(H,29,30). The molecule has 5 rings (SSSR count). The average molecular weight is 474 g/mol. The fourth-order valence-corrected chi connectivity index (χ4v) is 4.68. The van der Waals surface area contributed by atoms with Crippen LogP contribution in [0.2, 0.25) is 0 Å². The van der Waals surface area contributed by atoms with Crippen molar-refractivity contribution in [2.45, 2.75) is 17.3 Å². The van der Waals surface area contributed by atoms with Crippen LogP contribution in [0.25, 0.3) is 11.0 Å². The number of H-pyrrole nitrogens is 1. The summed E-state index contributed by atoms with van der Waals surface area (Å²) in [6, 6.07) is 20.2. The van der Waals surface area contributed by atoms with Crippen molar-refractivity contribution >= 4 is 28.6 Å². The Morgan fingerprint density at radius 3 is 2.59 bits per heavy atom. The van der Waals surface area contributed by atoms with Crippen LogP contribution in [0.5, 0.6) is 0 Å². The zero-order chi connectivity index (χ0) is 23.5. The zero-order valence-electron chi connectivity index (χ0n) is 17.9. The Morgan fingerprint density at radius 1 is 1.06 bits per heavy atom.